The Morgan fingerprint density at radius 3 is 2.56 bits per heavy atom. The highest BCUT2D eigenvalue weighted by atomic mass is 16.3. The number of amides is 1. The fourth-order valence-electron chi connectivity index (χ4n) is 2.91. The molecule has 0 radical (unpaired) electrons. The van der Waals surface area contributed by atoms with Gasteiger partial charge in [0.1, 0.15) is 0 Å². The highest BCUT2D eigenvalue weighted by Gasteiger charge is 2.31. The van der Waals surface area contributed by atoms with Gasteiger partial charge < -0.3 is 10.0 Å². The molecule has 2 fully saturated rings. The lowest BCUT2D eigenvalue weighted by atomic mass is 9.98. The normalized spacial score (nSPS) is 32.8. The summed E-state index contributed by atoms with van der Waals surface area (Å²) in [6.45, 7) is 3.46. The second-order valence-corrected chi connectivity index (χ2v) is 5.66. The first-order chi connectivity index (χ1) is 7.58. The molecular formula is C13H23NO2. The van der Waals surface area contributed by atoms with Crippen molar-refractivity contribution in [2.45, 2.75) is 57.5 Å². The second-order valence-electron chi connectivity index (χ2n) is 5.66. The van der Waals surface area contributed by atoms with Gasteiger partial charge >= 0.3 is 0 Å². The number of aliphatic hydroxyl groups is 1. The highest BCUT2D eigenvalue weighted by Crippen LogP contribution is 2.28. The largest absolute Gasteiger partial charge is 0.390 e. The Bertz CT molecular complexity index is 257. The van der Waals surface area contributed by atoms with E-state index < -0.39 is 5.60 Å². The predicted octanol–water partition coefficient (Wildman–Crippen LogP) is 1.94. The molecule has 1 amide bonds. The zero-order chi connectivity index (χ0) is 11.6. The zero-order valence-electron chi connectivity index (χ0n) is 10.2. The van der Waals surface area contributed by atoms with E-state index in [-0.39, 0.29) is 5.92 Å². The molecule has 0 aromatic heterocycles. The van der Waals surface area contributed by atoms with E-state index in [1.165, 1.54) is 12.8 Å². The van der Waals surface area contributed by atoms with Crippen LogP contribution in [0.15, 0.2) is 0 Å². The van der Waals surface area contributed by atoms with Crippen molar-refractivity contribution in [1.29, 1.82) is 0 Å². The molecule has 0 spiro atoms. The van der Waals surface area contributed by atoms with Gasteiger partial charge in [0.15, 0.2) is 0 Å². The summed E-state index contributed by atoms with van der Waals surface area (Å²) < 4.78 is 0. The number of likely N-dealkylation sites (tertiary alicyclic amines) is 1. The minimum absolute atomic E-state index is 0.281. The summed E-state index contributed by atoms with van der Waals surface area (Å²) in [6, 6.07) is 0. The highest BCUT2D eigenvalue weighted by molar-refractivity contribution is 5.79. The smallest absolute Gasteiger partial charge is 0.225 e. The van der Waals surface area contributed by atoms with Crippen LogP contribution in [0.3, 0.4) is 0 Å². The molecule has 0 aromatic carbocycles. The molecule has 1 saturated heterocycles. The summed E-state index contributed by atoms with van der Waals surface area (Å²) in [4.78, 5) is 14.2. The summed E-state index contributed by atoms with van der Waals surface area (Å²) in [5.41, 5.74) is -0.565. The standard InChI is InChI=1S/C13H23NO2/c1-13(16)7-4-9-14(10-8-13)12(15)11-5-2-3-6-11/h11,16H,2-10H2,1H3. The number of carbonyl (C=O) groups excluding carboxylic acids is 1. The van der Waals surface area contributed by atoms with Gasteiger partial charge in [-0.25, -0.2) is 0 Å². The molecule has 0 bridgehead atoms. The number of hydrogen-bond donors (Lipinski definition) is 1. The third kappa shape index (κ3) is 2.76. The average molecular weight is 225 g/mol. The molecule has 1 saturated carbocycles. The molecule has 1 aliphatic carbocycles. The molecule has 1 atom stereocenters. The Balaban J connectivity index is 1.91. The molecule has 1 N–H and O–H groups in total. The summed E-state index contributed by atoms with van der Waals surface area (Å²) >= 11 is 0. The monoisotopic (exact) mass is 225 g/mol. The van der Waals surface area contributed by atoms with Crippen LogP contribution in [0.2, 0.25) is 0 Å². The number of carbonyl (C=O) groups is 1. The Morgan fingerprint density at radius 2 is 1.88 bits per heavy atom. The molecule has 3 nitrogen and oxygen atoms in total. The lowest BCUT2D eigenvalue weighted by molar-refractivity contribution is -0.135. The lowest BCUT2D eigenvalue weighted by Gasteiger charge is -2.25. The Kier molecular flexibility index (Phi) is 3.53. The van der Waals surface area contributed by atoms with Crippen molar-refractivity contribution in [2.75, 3.05) is 13.1 Å². The van der Waals surface area contributed by atoms with Gasteiger partial charge in [-0.3, -0.25) is 4.79 Å². The van der Waals surface area contributed by atoms with Crippen molar-refractivity contribution in [3.05, 3.63) is 0 Å². The SMILES string of the molecule is CC1(O)CCCN(C(=O)C2CCCC2)CC1. The summed E-state index contributed by atoms with van der Waals surface area (Å²) in [5.74, 6) is 0.623. The van der Waals surface area contributed by atoms with Gasteiger partial charge in [-0.15, -0.1) is 0 Å². The number of nitrogens with zero attached hydrogens (tertiary/aromatic N) is 1. The predicted molar refractivity (Wildman–Crippen MR) is 63.0 cm³/mol. The first-order valence-electron chi connectivity index (χ1n) is 6.60. The molecule has 16 heavy (non-hydrogen) atoms. The van der Waals surface area contributed by atoms with E-state index in [0.717, 1.165) is 45.2 Å². The van der Waals surface area contributed by atoms with E-state index in [4.69, 9.17) is 0 Å². The van der Waals surface area contributed by atoms with E-state index in [0.29, 0.717) is 5.91 Å². The van der Waals surface area contributed by atoms with E-state index in [1.807, 2.05) is 11.8 Å². The van der Waals surface area contributed by atoms with E-state index in [2.05, 4.69) is 0 Å². The minimum atomic E-state index is -0.565. The maximum atomic E-state index is 12.2. The molecule has 92 valence electrons. The van der Waals surface area contributed by atoms with Crippen molar-refractivity contribution in [3.63, 3.8) is 0 Å². The van der Waals surface area contributed by atoms with Crippen LogP contribution in [0.5, 0.6) is 0 Å². The lowest BCUT2D eigenvalue weighted by Crippen LogP contribution is -2.37. The molecule has 1 unspecified atom stereocenters. The van der Waals surface area contributed by atoms with Crippen molar-refractivity contribution in [2.24, 2.45) is 5.92 Å². The fraction of sp³-hybridized carbons (Fsp3) is 0.923. The van der Waals surface area contributed by atoms with E-state index in [1.54, 1.807) is 0 Å². The van der Waals surface area contributed by atoms with Crippen LogP contribution in [0.25, 0.3) is 0 Å². The van der Waals surface area contributed by atoms with Gasteiger partial charge in [0.05, 0.1) is 5.60 Å². The van der Waals surface area contributed by atoms with Crippen LogP contribution in [0.1, 0.15) is 51.9 Å². The summed E-state index contributed by atoms with van der Waals surface area (Å²) in [5, 5.41) is 9.98. The molecule has 1 aliphatic heterocycles. The van der Waals surface area contributed by atoms with Crippen LogP contribution < -0.4 is 0 Å². The van der Waals surface area contributed by atoms with Crippen LogP contribution in [-0.4, -0.2) is 34.6 Å². The maximum absolute atomic E-state index is 12.2. The summed E-state index contributed by atoms with van der Waals surface area (Å²) in [7, 11) is 0. The number of hydrogen-bond acceptors (Lipinski definition) is 2. The van der Waals surface area contributed by atoms with Crippen LogP contribution in [-0.2, 0) is 4.79 Å². The molecule has 2 rings (SSSR count). The second kappa shape index (κ2) is 4.74. The summed E-state index contributed by atoms with van der Waals surface area (Å²) in [6.07, 6.45) is 7.06. The first-order valence-corrected chi connectivity index (χ1v) is 6.60. The third-order valence-electron chi connectivity index (χ3n) is 4.08. The van der Waals surface area contributed by atoms with Gasteiger partial charge in [0, 0.05) is 19.0 Å². The Hall–Kier alpha value is -0.570. The van der Waals surface area contributed by atoms with Crippen molar-refractivity contribution in [3.8, 4) is 0 Å². The molecule has 3 heteroatoms. The quantitative estimate of drug-likeness (QED) is 0.741. The fourth-order valence-corrected chi connectivity index (χ4v) is 2.91. The first kappa shape index (κ1) is 11.9. The number of rotatable bonds is 1. The zero-order valence-corrected chi connectivity index (χ0v) is 10.2. The average Bonchev–Trinajstić information content (AvgIpc) is 2.69. The van der Waals surface area contributed by atoms with Crippen LogP contribution in [0.4, 0.5) is 0 Å². The minimum Gasteiger partial charge on any atom is -0.390 e. The van der Waals surface area contributed by atoms with Gasteiger partial charge in [-0.2, -0.15) is 0 Å². The van der Waals surface area contributed by atoms with Gasteiger partial charge in [-0.05, 0) is 39.0 Å². The Labute approximate surface area is 97.8 Å². The van der Waals surface area contributed by atoms with Gasteiger partial charge in [0.25, 0.3) is 0 Å². The van der Waals surface area contributed by atoms with E-state index >= 15 is 0 Å². The van der Waals surface area contributed by atoms with E-state index in [9.17, 15) is 9.90 Å². The van der Waals surface area contributed by atoms with Crippen molar-refractivity contribution in [1.82, 2.24) is 4.90 Å². The molecule has 0 aromatic rings. The van der Waals surface area contributed by atoms with Gasteiger partial charge in [0.2, 0.25) is 5.91 Å². The maximum Gasteiger partial charge on any atom is 0.225 e. The van der Waals surface area contributed by atoms with Crippen molar-refractivity contribution < 1.29 is 9.90 Å². The molecule has 2 aliphatic rings. The van der Waals surface area contributed by atoms with Gasteiger partial charge in [-0.1, -0.05) is 12.8 Å². The topological polar surface area (TPSA) is 40.5 Å². The van der Waals surface area contributed by atoms with Crippen LogP contribution >= 0.6 is 0 Å². The van der Waals surface area contributed by atoms with Crippen LogP contribution in [0, 0.1) is 5.92 Å². The molecular weight excluding hydrogens is 202 g/mol. The third-order valence-corrected chi connectivity index (χ3v) is 4.08. The Morgan fingerprint density at radius 1 is 1.19 bits per heavy atom. The van der Waals surface area contributed by atoms with Crippen molar-refractivity contribution >= 4 is 5.91 Å². The molecule has 1 heterocycles.